The van der Waals surface area contributed by atoms with Crippen LogP contribution in [0, 0.1) is 12.3 Å². The maximum atomic E-state index is 11.9. The fourth-order valence-electron chi connectivity index (χ4n) is 2.09. The molecule has 0 bridgehead atoms. The highest BCUT2D eigenvalue weighted by atomic mass is 35.5. The van der Waals surface area contributed by atoms with Gasteiger partial charge in [-0.3, -0.25) is 4.79 Å². The molecule has 21 heavy (non-hydrogen) atoms. The minimum Gasteiger partial charge on any atom is -0.494 e. The number of hydrogen-bond donors (Lipinski definition) is 1. The van der Waals surface area contributed by atoms with Gasteiger partial charge in [0, 0.05) is 6.54 Å². The summed E-state index contributed by atoms with van der Waals surface area (Å²) in [7, 11) is 0. The Morgan fingerprint density at radius 1 is 1.29 bits per heavy atom. The summed E-state index contributed by atoms with van der Waals surface area (Å²) < 4.78 is 4.73. The monoisotopic (exact) mass is 329 g/mol. The number of ether oxygens (including phenoxy) is 1. The molecule has 0 unspecified atom stereocenters. The molecule has 1 N–H and O–H groups in total. The van der Waals surface area contributed by atoms with Crippen LogP contribution in [0.5, 0.6) is 5.75 Å². The van der Waals surface area contributed by atoms with Crippen LogP contribution in [-0.4, -0.2) is 23.4 Å². The number of aryl methyl sites for hydroxylation is 1. The van der Waals surface area contributed by atoms with Gasteiger partial charge in [0.05, 0.1) is 12.0 Å². The second-order valence-corrected chi connectivity index (χ2v) is 7.32. The van der Waals surface area contributed by atoms with Gasteiger partial charge in [0.2, 0.25) is 5.91 Å². The van der Waals surface area contributed by atoms with E-state index in [0.717, 1.165) is 18.6 Å². The van der Waals surface area contributed by atoms with E-state index in [1.165, 1.54) is 5.56 Å². The Balaban J connectivity index is 1.57. The minimum absolute atomic E-state index is 0.0630. The Morgan fingerprint density at radius 2 is 1.90 bits per heavy atom. The molecule has 0 aromatic heterocycles. The summed E-state index contributed by atoms with van der Waals surface area (Å²) in [5, 5.41) is 2.88. The molecular formula is C16H21Cl2NO2. The van der Waals surface area contributed by atoms with Gasteiger partial charge >= 0.3 is 0 Å². The van der Waals surface area contributed by atoms with Crippen LogP contribution in [0.1, 0.15) is 31.7 Å². The smallest absolute Gasteiger partial charge is 0.229 e. The zero-order chi connectivity index (χ0) is 15.5. The number of hydrogen-bond acceptors (Lipinski definition) is 2. The molecule has 1 aliphatic carbocycles. The van der Waals surface area contributed by atoms with Crippen molar-refractivity contribution in [1.29, 1.82) is 0 Å². The van der Waals surface area contributed by atoms with Crippen LogP contribution in [0.4, 0.5) is 0 Å². The number of rotatable bonds is 7. The van der Waals surface area contributed by atoms with Crippen molar-refractivity contribution < 1.29 is 9.53 Å². The fraction of sp³-hybridized carbons (Fsp3) is 0.562. The molecule has 1 saturated carbocycles. The van der Waals surface area contributed by atoms with Gasteiger partial charge in [-0.1, -0.05) is 17.7 Å². The van der Waals surface area contributed by atoms with E-state index < -0.39 is 9.75 Å². The van der Waals surface area contributed by atoms with Crippen LogP contribution in [0.15, 0.2) is 24.3 Å². The van der Waals surface area contributed by atoms with Gasteiger partial charge in [0.1, 0.15) is 10.1 Å². The number of carbonyl (C=O) groups excluding carboxylic acids is 1. The lowest BCUT2D eigenvalue weighted by atomic mass is 10.1. The Kier molecular flexibility index (Phi) is 5.05. The van der Waals surface area contributed by atoms with Crippen molar-refractivity contribution >= 4 is 29.1 Å². The second-order valence-electron chi connectivity index (χ2n) is 5.84. The zero-order valence-electron chi connectivity index (χ0n) is 12.4. The van der Waals surface area contributed by atoms with E-state index in [1.807, 2.05) is 31.2 Å². The molecule has 2 rings (SSSR count). The van der Waals surface area contributed by atoms with Crippen molar-refractivity contribution in [2.24, 2.45) is 5.41 Å². The highest BCUT2D eigenvalue weighted by Gasteiger charge is 2.67. The predicted octanol–water partition coefficient (Wildman–Crippen LogP) is 3.85. The van der Waals surface area contributed by atoms with Crippen molar-refractivity contribution in [3.05, 3.63) is 29.8 Å². The zero-order valence-corrected chi connectivity index (χ0v) is 13.9. The van der Waals surface area contributed by atoms with Crippen LogP contribution in [-0.2, 0) is 4.79 Å². The molecule has 1 aliphatic rings. The van der Waals surface area contributed by atoms with Gasteiger partial charge < -0.3 is 10.1 Å². The van der Waals surface area contributed by atoms with E-state index in [-0.39, 0.29) is 5.91 Å². The summed E-state index contributed by atoms with van der Waals surface area (Å²) in [5.41, 5.74) is 0.586. The summed E-state index contributed by atoms with van der Waals surface area (Å²) in [6, 6.07) is 7.98. The normalized spacial score (nSPS) is 22.7. The molecule has 1 aromatic rings. The summed E-state index contributed by atoms with van der Waals surface area (Å²) in [6.07, 6.45) is 2.27. The van der Waals surface area contributed by atoms with E-state index >= 15 is 0 Å². The maximum absolute atomic E-state index is 11.9. The van der Waals surface area contributed by atoms with Gasteiger partial charge in [-0.2, -0.15) is 0 Å². The van der Waals surface area contributed by atoms with Crippen molar-refractivity contribution in [3.63, 3.8) is 0 Å². The van der Waals surface area contributed by atoms with Gasteiger partial charge in [0.25, 0.3) is 0 Å². The van der Waals surface area contributed by atoms with Crippen LogP contribution in [0.25, 0.3) is 0 Å². The molecule has 0 radical (unpaired) electrons. The van der Waals surface area contributed by atoms with Crippen LogP contribution in [0.3, 0.4) is 0 Å². The summed E-state index contributed by atoms with van der Waals surface area (Å²) >= 11 is 11.9. The predicted molar refractivity (Wildman–Crippen MR) is 86.1 cm³/mol. The number of benzene rings is 1. The highest BCUT2D eigenvalue weighted by Crippen LogP contribution is 2.63. The van der Waals surface area contributed by atoms with Gasteiger partial charge in [-0.25, -0.2) is 0 Å². The Morgan fingerprint density at radius 3 is 2.48 bits per heavy atom. The summed E-state index contributed by atoms with van der Waals surface area (Å²) in [4.78, 5) is 11.9. The van der Waals surface area contributed by atoms with E-state index in [2.05, 4.69) is 5.32 Å². The van der Waals surface area contributed by atoms with Gasteiger partial charge in [-0.15, -0.1) is 23.2 Å². The number of halogens is 2. The van der Waals surface area contributed by atoms with Crippen LogP contribution in [0.2, 0.25) is 0 Å². The molecule has 0 saturated heterocycles. The molecular weight excluding hydrogens is 309 g/mol. The van der Waals surface area contributed by atoms with E-state index in [0.29, 0.717) is 19.6 Å². The standard InChI is InChI=1S/C16H21Cl2NO2/c1-12-5-7-13(8-6-12)21-10-4-3-9-19-14(20)15(2)11-16(15,17)18/h5-8H,3-4,9-11H2,1-2H3,(H,19,20)/t15-/m1/s1. The number of unbranched alkanes of at least 4 members (excludes halogenated alkanes) is 1. The third kappa shape index (κ3) is 4.04. The molecule has 1 fully saturated rings. The highest BCUT2D eigenvalue weighted by molar-refractivity contribution is 6.53. The second kappa shape index (κ2) is 6.45. The number of alkyl halides is 2. The summed E-state index contributed by atoms with van der Waals surface area (Å²) in [5.74, 6) is 0.816. The summed E-state index contributed by atoms with van der Waals surface area (Å²) in [6.45, 7) is 5.10. The fourth-order valence-corrected chi connectivity index (χ4v) is 2.80. The van der Waals surface area contributed by atoms with E-state index in [1.54, 1.807) is 6.92 Å². The Labute approximate surface area is 136 Å². The third-order valence-corrected chi connectivity index (χ3v) is 5.01. The first-order valence-corrected chi connectivity index (χ1v) is 7.96. The van der Waals surface area contributed by atoms with Crippen molar-refractivity contribution in [2.75, 3.05) is 13.2 Å². The third-order valence-electron chi connectivity index (χ3n) is 3.91. The molecule has 0 aliphatic heterocycles. The van der Waals surface area contributed by atoms with Crippen molar-refractivity contribution in [2.45, 2.75) is 37.4 Å². The molecule has 0 heterocycles. The molecule has 1 atom stereocenters. The molecule has 0 spiro atoms. The first-order chi connectivity index (χ1) is 9.85. The van der Waals surface area contributed by atoms with Crippen molar-refractivity contribution in [3.8, 4) is 5.75 Å². The largest absolute Gasteiger partial charge is 0.494 e. The molecule has 5 heteroatoms. The average Bonchev–Trinajstić information content (AvgIpc) is 2.96. The first-order valence-electron chi connectivity index (χ1n) is 7.21. The number of nitrogens with one attached hydrogen (secondary N) is 1. The Hall–Kier alpha value is -0.930. The van der Waals surface area contributed by atoms with Crippen LogP contribution < -0.4 is 10.1 Å². The molecule has 1 aromatic carbocycles. The van der Waals surface area contributed by atoms with Crippen molar-refractivity contribution in [1.82, 2.24) is 5.32 Å². The lowest BCUT2D eigenvalue weighted by molar-refractivity contribution is -0.125. The quantitative estimate of drug-likeness (QED) is 0.609. The average molecular weight is 330 g/mol. The molecule has 3 nitrogen and oxygen atoms in total. The molecule has 116 valence electrons. The number of amides is 1. The topological polar surface area (TPSA) is 38.3 Å². The minimum atomic E-state index is -0.897. The molecule has 1 amide bonds. The van der Waals surface area contributed by atoms with Crippen LogP contribution >= 0.6 is 23.2 Å². The number of carbonyl (C=O) groups is 1. The van der Waals surface area contributed by atoms with Gasteiger partial charge in [0.15, 0.2) is 0 Å². The van der Waals surface area contributed by atoms with E-state index in [9.17, 15) is 4.79 Å². The van der Waals surface area contributed by atoms with Gasteiger partial charge in [-0.05, 0) is 45.2 Å². The lowest BCUT2D eigenvalue weighted by Gasteiger charge is -2.12. The lowest BCUT2D eigenvalue weighted by Crippen LogP contribution is -2.34. The SMILES string of the molecule is Cc1ccc(OCCCCNC(=O)[C@@]2(C)CC2(Cl)Cl)cc1. The first kappa shape index (κ1) is 16.4. The Bertz CT molecular complexity index is 502. The maximum Gasteiger partial charge on any atom is 0.229 e. The van der Waals surface area contributed by atoms with E-state index in [4.69, 9.17) is 27.9 Å².